The van der Waals surface area contributed by atoms with Crippen LogP contribution in [0.5, 0.6) is 0 Å². The number of rotatable bonds is 6. The number of anilines is 2. The Kier molecular flexibility index (Phi) is 5.95. The SMILES string of the molecule is CC(=O)[C@@H](N)CCC(=O)Nc1ccccc1N1CCCCC1. The number of nitrogens with two attached hydrogens (primary N) is 1. The van der Waals surface area contributed by atoms with Crippen molar-refractivity contribution in [3.8, 4) is 0 Å². The number of hydrogen-bond acceptors (Lipinski definition) is 4. The van der Waals surface area contributed by atoms with E-state index in [1.165, 1.54) is 26.2 Å². The van der Waals surface area contributed by atoms with Crippen molar-refractivity contribution in [3.63, 3.8) is 0 Å². The number of carbonyl (C=O) groups is 2. The lowest BCUT2D eigenvalue weighted by Crippen LogP contribution is -2.31. The highest BCUT2D eigenvalue weighted by Gasteiger charge is 2.16. The maximum atomic E-state index is 12.1. The van der Waals surface area contributed by atoms with Crippen molar-refractivity contribution in [2.24, 2.45) is 5.73 Å². The van der Waals surface area contributed by atoms with E-state index >= 15 is 0 Å². The first-order valence-electron chi connectivity index (χ1n) is 7.98. The molecule has 22 heavy (non-hydrogen) atoms. The molecule has 1 aliphatic heterocycles. The summed E-state index contributed by atoms with van der Waals surface area (Å²) in [6.45, 7) is 3.51. The van der Waals surface area contributed by atoms with E-state index in [0.29, 0.717) is 6.42 Å². The predicted molar refractivity (Wildman–Crippen MR) is 89.0 cm³/mol. The summed E-state index contributed by atoms with van der Waals surface area (Å²) in [5, 5.41) is 2.95. The van der Waals surface area contributed by atoms with Gasteiger partial charge in [0.15, 0.2) is 0 Å². The molecule has 1 fully saturated rings. The summed E-state index contributed by atoms with van der Waals surface area (Å²) in [5.74, 6) is -0.178. The third-order valence-corrected chi connectivity index (χ3v) is 4.08. The first-order chi connectivity index (χ1) is 10.6. The zero-order valence-electron chi connectivity index (χ0n) is 13.2. The molecule has 0 unspecified atom stereocenters. The zero-order chi connectivity index (χ0) is 15.9. The van der Waals surface area contributed by atoms with Gasteiger partial charge in [0, 0.05) is 19.5 Å². The van der Waals surface area contributed by atoms with E-state index in [1.54, 1.807) is 0 Å². The molecule has 0 spiro atoms. The number of nitrogens with zero attached hydrogens (tertiary/aromatic N) is 1. The van der Waals surface area contributed by atoms with Crippen molar-refractivity contribution in [2.45, 2.75) is 45.1 Å². The van der Waals surface area contributed by atoms with Crippen LogP contribution in [0.25, 0.3) is 0 Å². The largest absolute Gasteiger partial charge is 0.370 e. The van der Waals surface area contributed by atoms with Crippen LogP contribution in [0.2, 0.25) is 0 Å². The number of piperidine rings is 1. The van der Waals surface area contributed by atoms with E-state index in [-0.39, 0.29) is 18.1 Å². The summed E-state index contributed by atoms with van der Waals surface area (Å²) in [6.07, 6.45) is 4.29. The van der Waals surface area contributed by atoms with Gasteiger partial charge in [0.2, 0.25) is 5.91 Å². The van der Waals surface area contributed by atoms with Gasteiger partial charge in [0.25, 0.3) is 0 Å². The molecule has 5 heteroatoms. The van der Waals surface area contributed by atoms with Crippen LogP contribution in [0.15, 0.2) is 24.3 Å². The first kappa shape index (κ1) is 16.5. The van der Waals surface area contributed by atoms with E-state index in [4.69, 9.17) is 5.73 Å². The van der Waals surface area contributed by atoms with Gasteiger partial charge in [-0.1, -0.05) is 12.1 Å². The van der Waals surface area contributed by atoms with Gasteiger partial charge in [0.05, 0.1) is 17.4 Å². The van der Waals surface area contributed by atoms with Crippen LogP contribution in [-0.2, 0) is 9.59 Å². The lowest BCUT2D eigenvalue weighted by molar-refractivity contribution is -0.119. The van der Waals surface area contributed by atoms with Gasteiger partial charge in [-0.25, -0.2) is 0 Å². The number of benzene rings is 1. The fourth-order valence-corrected chi connectivity index (χ4v) is 2.69. The maximum Gasteiger partial charge on any atom is 0.224 e. The van der Waals surface area contributed by atoms with Crippen LogP contribution in [0.3, 0.4) is 0 Å². The molecule has 0 aromatic heterocycles. The van der Waals surface area contributed by atoms with Gasteiger partial charge in [-0.15, -0.1) is 0 Å². The average molecular weight is 303 g/mol. The van der Waals surface area contributed by atoms with E-state index in [0.717, 1.165) is 24.5 Å². The van der Waals surface area contributed by atoms with Crippen LogP contribution in [0, 0.1) is 0 Å². The maximum absolute atomic E-state index is 12.1. The minimum atomic E-state index is -0.553. The summed E-state index contributed by atoms with van der Waals surface area (Å²) in [7, 11) is 0. The Labute approximate surface area is 131 Å². The Hall–Kier alpha value is -1.88. The zero-order valence-corrected chi connectivity index (χ0v) is 13.2. The quantitative estimate of drug-likeness (QED) is 0.845. The Morgan fingerprint density at radius 1 is 1.23 bits per heavy atom. The van der Waals surface area contributed by atoms with Crippen molar-refractivity contribution in [2.75, 3.05) is 23.3 Å². The highest BCUT2D eigenvalue weighted by Crippen LogP contribution is 2.28. The Bertz CT molecular complexity index is 524. The molecule has 1 atom stereocenters. The average Bonchev–Trinajstić information content (AvgIpc) is 2.54. The third-order valence-electron chi connectivity index (χ3n) is 4.08. The van der Waals surface area contributed by atoms with Gasteiger partial charge in [-0.2, -0.15) is 0 Å². The molecular formula is C17H25N3O2. The Morgan fingerprint density at radius 3 is 2.59 bits per heavy atom. The summed E-state index contributed by atoms with van der Waals surface area (Å²) >= 11 is 0. The number of Topliss-reactive ketones (excluding diaryl/α,β-unsaturated/α-hetero) is 1. The van der Waals surface area contributed by atoms with E-state index in [9.17, 15) is 9.59 Å². The minimum Gasteiger partial charge on any atom is -0.370 e. The van der Waals surface area contributed by atoms with Crippen molar-refractivity contribution in [1.29, 1.82) is 0 Å². The third kappa shape index (κ3) is 4.56. The van der Waals surface area contributed by atoms with Crippen LogP contribution in [-0.4, -0.2) is 30.8 Å². The number of nitrogens with one attached hydrogen (secondary N) is 1. The fourth-order valence-electron chi connectivity index (χ4n) is 2.69. The normalized spacial score (nSPS) is 16.2. The number of ketones is 1. The molecule has 120 valence electrons. The summed E-state index contributed by atoms with van der Waals surface area (Å²) < 4.78 is 0. The second kappa shape index (κ2) is 7.94. The van der Waals surface area contributed by atoms with Crippen LogP contribution < -0.4 is 16.0 Å². The molecule has 0 saturated carbocycles. The second-order valence-electron chi connectivity index (χ2n) is 5.87. The van der Waals surface area contributed by atoms with Crippen LogP contribution in [0.4, 0.5) is 11.4 Å². The summed E-state index contributed by atoms with van der Waals surface area (Å²) in [6, 6.07) is 7.33. The van der Waals surface area contributed by atoms with Crippen molar-refractivity contribution >= 4 is 23.1 Å². The minimum absolute atomic E-state index is 0.0819. The predicted octanol–water partition coefficient (Wildman–Crippen LogP) is 2.31. The first-order valence-corrected chi connectivity index (χ1v) is 7.98. The van der Waals surface area contributed by atoms with Crippen LogP contribution in [0.1, 0.15) is 39.0 Å². The van der Waals surface area contributed by atoms with Gasteiger partial charge in [-0.3, -0.25) is 9.59 Å². The highest BCUT2D eigenvalue weighted by atomic mass is 16.1. The van der Waals surface area contributed by atoms with E-state index < -0.39 is 6.04 Å². The lowest BCUT2D eigenvalue weighted by atomic mass is 10.1. The van der Waals surface area contributed by atoms with Gasteiger partial charge in [-0.05, 0) is 44.7 Å². The van der Waals surface area contributed by atoms with Gasteiger partial charge < -0.3 is 16.0 Å². The second-order valence-corrected chi connectivity index (χ2v) is 5.87. The Balaban J connectivity index is 1.97. The van der Waals surface area contributed by atoms with Gasteiger partial charge in [0.1, 0.15) is 5.78 Å². The van der Waals surface area contributed by atoms with Crippen molar-refractivity contribution in [1.82, 2.24) is 0 Å². The molecule has 0 bridgehead atoms. The number of para-hydroxylation sites is 2. The van der Waals surface area contributed by atoms with E-state index in [1.807, 2.05) is 24.3 Å². The lowest BCUT2D eigenvalue weighted by Gasteiger charge is -2.30. The van der Waals surface area contributed by atoms with Crippen LogP contribution >= 0.6 is 0 Å². The molecule has 0 radical (unpaired) electrons. The standard InChI is InChI=1S/C17H25N3O2/c1-13(21)14(18)9-10-17(22)19-15-7-3-4-8-16(15)20-11-5-2-6-12-20/h3-4,7-8,14H,2,5-6,9-12,18H2,1H3,(H,19,22)/t14-/m0/s1. The summed E-state index contributed by atoms with van der Waals surface area (Å²) in [4.78, 5) is 25.5. The number of hydrogen-bond donors (Lipinski definition) is 2. The fraction of sp³-hybridized carbons (Fsp3) is 0.529. The molecule has 3 N–H and O–H groups in total. The van der Waals surface area contributed by atoms with Crippen molar-refractivity contribution < 1.29 is 9.59 Å². The molecule has 0 aliphatic carbocycles. The Morgan fingerprint density at radius 2 is 1.91 bits per heavy atom. The monoisotopic (exact) mass is 303 g/mol. The molecule has 1 amide bonds. The molecular weight excluding hydrogens is 278 g/mol. The van der Waals surface area contributed by atoms with E-state index in [2.05, 4.69) is 10.2 Å². The molecule has 1 aliphatic rings. The molecule has 1 saturated heterocycles. The van der Waals surface area contributed by atoms with Crippen molar-refractivity contribution in [3.05, 3.63) is 24.3 Å². The van der Waals surface area contributed by atoms with Gasteiger partial charge >= 0.3 is 0 Å². The number of amides is 1. The molecule has 2 rings (SSSR count). The topological polar surface area (TPSA) is 75.4 Å². The molecule has 1 aromatic carbocycles. The molecule has 1 heterocycles. The molecule has 1 aromatic rings. The highest BCUT2D eigenvalue weighted by molar-refractivity contribution is 5.94. The number of carbonyl (C=O) groups excluding carboxylic acids is 2. The summed E-state index contributed by atoms with van der Waals surface area (Å²) in [5.41, 5.74) is 7.58. The smallest absolute Gasteiger partial charge is 0.224 e. The molecule has 5 nitrogen and oxygen atoms in total.